The molecule has 3 nitrogen and oxygen atoms in total. The molecule has 0 heterocycles. The van der Waals surface area contributed by atoms with Crippen LogP contribution in [0.4, 0.5) is 11.4 Å². The number of nitrogen functional groups attached to an aromatic ring is 1. The number of hydrogen-bond donors (Lipinski definition) is 2. The van der Waals surface area contributed by atoms with Crippen molar-refractivity contribution in [2.45, 2.75) is 45.6 Å². The summed E-state index contributed by atoms with van der Waals surface area (Å²) in [6.07, 6.45) is 5.02. The van der Waals surface area contributed by atoms with E-state index in [1.54, 1.807) is 7.11 Å². The SMILES string of the molecule is COc1cc(N)cc(NC2CCC(C)(C)CC2)c1. The molecule has 0 radical (unpaired) electrons. The van der Waals surface area contributed by atoms with Crippen LogP contribution in [0.15, 0.2) is 18.2 Å². The van der Waals surface area contributed by atoms with Gasteiger partial charge in [0.1, 0.15) is 5.75 Å². The second-order valence-electron chi connectivity index (χ2n) is 6.08. The first kappa shape index (κ1) is 13.1. The maximum Gasteiger partial charge on any atom is 0.122 e. The number of nitrogens with one attached hydrogen (secondary N) is 1. The van der Waals surface area contributed by atoms with Crippen LogP contribution in [0.2, 0.25) is 0 Å². The molecular formula is C15H24N2O. The van der Waals surface area contributed by atoms with Crippen molar-refractivity contribution in [3.63, 3.8) is 0 Å². The number of hydrogen-bond acceptors (Lipinski definition) is 3. The minimum absolute atomic E-state index is 0.506. The van der Waals surface area contributed by atoms with Gasteiger partial charge in [-0.15, -0.1) is 0 Å². The van der Waals surface area contributed by atoms with Crippen molar-refractivity contribution < 1.29 is 4.74 Å². The van der Waals surface area contributed by atoms with Crippen molar-refractivity contribution in [3.05, 3.63) is 18.2 Å². The number of nitrogens with two attached hydrogens (primary N) is 1. The lowest BCUT2D eigenvalue weighted by Gasteiger charge is -2.35. The third-order valence-electron chi connectivity index (χ3n) is 3.87. The fourth-order valence-corrected chi connectivity index (χ4v) is 2.60. The Hall–Kier alpha value is -1.38. The van der Waals surface area contributed by atoms with E-state index in [-0.39, 0.29) is 0 Å². The molecule has 1 aromatic carbocycles. The molecule has 1 fully saturated rings. The molecule has 1 saturated carbocycles. The molecule has 3 heteroatoms. The third-order valence-corrected chi connectivity index (χ3v) is 3.87. The molecule has 0 atom stereocenters. The first-order valence-electron chi connectivity index (χ1n) is 6.70. The maximum atomic E-state index is 5.86. The molecule has 3 N–H and O–H groups in total. The highest BCUT2D eigenvalue weighted by Crippen LogP contribution is 2.36. The Morgan fingerprint density at radius 1 is 1.22 bits per heavy atom. The van der Waals surface area contributed by atoms with Crippen LogP contribution < -0.4 is 15.8 Å². The molecule has 18 heavy (non-hydrogen) atoms. The van der Waals surface area contributed by atoms with Gasteiger partial charge in [-0.25, -0.2) is 0 Å². The maximum absolute atomic E-state index is 5.86. The zero-order valence-corrected chi connectivity index (χ0v) is 11.6. The van der Waals surface area contributed by atoms with Crippen molar-refractivity contribution in [1.82, 2.24) is 0 Å². The van der Waals surface area contributed by atoms with Crippen molar-refractivity contribution in [2.24, 2.45) is 5.41 Å². The lowest BCUT2D eigenvalue weighted by molar-refractivity contribution is 0.232. The standard InChI is InChI=1S/C15H24N2O/c1-15(2)6-4-12(5-7-15)17-13-8-11(16)9-14(10-13)18-3/h8-10,12,17H,4-7,16H2,1-3H3. The van der Waals surface area contributed by atoms with Gasteiger partial charge in [0.25, 0.3) is 0 Å². The van der Waals surface area contributed by atoms with Gasteiger partial charge in [0.05, 0.1) is 7.11 Å². The number of rotatable bonds is 3. The van der Waals surface area contributed by atoms with Gasteiger partial charge in [-0.2, -0.15) is 0 Å². The van der Waals surface area contributed by atoms with Gasteiger partial charge >= 0.3 is 0 Å². The van der Waals surface area contributed by atoms with E-state index in [9.17, 15) is 0 Å². The van der Waals surface area contributed by atoms with Gasteiger partial charge in [0.15, 0.2) is 0 Å². The molecule has 0 unspecified atom stereocenters. The molecule has 0 bridgehead atoms. The van der Waals surface area contributed by atoms with E-state index in [0.29, 0.717) is 11.5 Å². The van der Waals surface area contributed by atoms with E-state index >= 15 is 0 Å². The molecule has 0 saturated heterocycles. The second-order valence-corrected chi connectivity index (χ2v) is 6.08. The molecule has 1 aromatic rings. The summed E-state index contributed by atoms with van der Waals surface area (Å²) in [5.41, 5.74) is 8.18. The van der Waals surface area contributed by atoms with E-state index in [0.717, 1.165) is 17.1 Å². The normalized spacial score (nSPS) is 19.5. The molecule has 2 rings (SSSR count). The third kappa shape index (κ3) is 3.31. The molecule has 0 aliphatic heterocycles. The Morgan fingerprint density at radius 3 is 2.50 bits per heavy atom. The van der Waals surface area contributed by atoms with Crippen LogP contribution in [0.3, 0.4) is 0 Å². The number of benzene rings is 1. The lowest BCUT2D eigenvalue weighted by Crippen LogP contribution is -2.29. The van der Waals surface area contributed by atoms with Gasteiger partial charge in [0, 0.05) is 29.5 Å². The largest absolute Gasteiger partial charge is 0.497 e. The van der Waals surface area contributed by atoms with Crippen molar-refractivity contribution >= 4 is 11.4 Å². The Labute approximate surface area is 110 Å². The highest BCUT2D eigenvalue weighted by atomic mass is 16.5. The van der Waals surface area contributed by atoms with Crippen LogP contribution in [0.25, 0.3) is 0 Å². The predicted molar refractivity (Wildman–Crippen MR) is 77.1 cm³/mol. The Bertz CT molecular complexity index is 405. The Balaban J connectivity index is 2.00. The first-order valence-corrected chi connectivity index (χ1v) is 6.70. The van der Waals surface area contributed by atoms with E-state index in [1.165, 1.54) is 25.7 Å². The van der Waals surface area contributed by atoms with Gasteiger partial charge < -0.3 is 15.8 Å². The quantitative estimate of drug-likeness (QED) is 0.802. The zero-order chi connectivity index (χ0) is 13.2. The fourth-order valence-electron chi connectivity index (χ4n) is 2.60. The summed E-state index contributed by atoms with van der Waals surface area (Å²) >= 11 is 0. The first-order chi connectivity index (χ1) is 8.48. The Kier molecular flexibility index (Phi) is 3.69. The number of ether oxygens (including phenoxy) is 1. The van der Waals surface area contributed by atoms with Crippen LogP contribution >= 0.6 is 0 Å². The summed E-state index contributed by atoms with van der Waals surface area (Å²) in [6.45, 7) is 4.71. The molecular weight excluding hydrogens is 224 g/mol. The lowest BCUT2D eigenvalue weighted by atomic mass is 9.75. The van der Waals surface area contributed by atoms with Crippen molar-refractivity contribution in [2.75, 3.05) is 18.2 Å². The topological polar surface area (TPSA) is 47.3 Å². The van der Waals surface area contributed by atoms with Crippen molar-refractivity contribution in [3.8, 4) is 5.75 Å². The summed E-state index contributed by atoms with van der Waals surface area (Å²) in [6, 6.07) is 6.39. The summed E-state index contributed by atoms with van der Waals surface area (Å²) in [4.78, 5) is 0. The smallest absolute Gasteiger partial charge is 0.122 e. The van der Waals surface area contributed by atoms with Crippen LogP contribution in [0.5, 0.6) is 5.75 Å². The molecule has 0 amide bonds. The minimum Gasteiger partial charge on any atom is -0.497 e. The predicted octanol–water partition coefficient (Wildman–Crippen LogP) is 3.66. The van der Waals surface area contributed by atoms with Crippen LogP contribution in [0.1, 0.15) is 39.5 Å². The van der Waals surface area contributed by atoms with Gasteiger partial charge in [0.2, 0.25) is 0 Å². The zero-order valence-electron chi connectivity index (χ0n) is 11.6. The monoisotopic (exact) mass is 248 g/mol. The Morgan fingerprint density at radius 2 is 1.89 bits per heavy atom. The number of anilines is 2. The van der Waals surface area contributed by atoms with E-state index in [2.05, 4.69) is 19.2 Å². The van der Waals surface area contributed by atoms with E-state index in [4.69, 9.17) is 10.5 Å². The molecule has 100 valence electrons. The highest BCUT2D eigenvalue weighted by Gasteiger charge is 2.26. The summed E-state index contributed by atoms with van der Waals surface area (Å²) in [7, 11) is 1.67. The van der Waals surface area contributed by atoms with Crippen LogP contribution in [0, 0.1) is 5.41 Å². The molecule has 0 aromatic heterocycles. The van der Waals surface area contributed by atoms with Crippen molar-refractivity contribution in [1.29, 1.82) is 0 Å². The molecule has 0 spiro atoms. The van der Waals surface area contributed by atoms with E-state index < -0.39 is 0 Å². The van der Waals surface area contributed by atoms with E-state index in [1.807, 2.05) is 18.2 Å². The summed E-state index contributed by atoms with van der Waals surface area (Å²) < 4.78 is 5.24. The molecule has 1 aliphatic carbocycles. The summed E-state index contributed by atoms with van der Waals surface area (Å²) in [5.74, 6) is 0.814. The minimum atomic E-state index is 0.506. The number of methoxy groups -OCH3 is 1. The van der Waals surface area contributed by atoms with Crippen LogP contribution in [-0.2, 0) is 0 Å². The fraction of sp³-hybridized carbons (Fsp3) is 0.600. The van der Waals surface area contributed by atoms with Gasteiger partial charge in [-0.1, -0.05) is 13.8 Å². The summed E-state index contributed by atoms with van der Waals surface area (Å²) in [5, 5.41) is 3.57. The van der Waals surface area contributed by atoms with Gasteiger partial charge in [-0.3, -0.25) is 0 Å². The molecule has 1 aliphatic rings. The van der Waals surface area contributed by atoms with Gasteiger partial charge in [-0.05, 0) is 37.2 Å². The highest BCUT2D eigenvalue weighted by molar-refractivity contribution is 5.59. The average Bonchev–Trinajstić information content (AvgIpc) is 2.31. The second kappa shape index (κ2) is 5.09. The van der Waals surface area contributed by atoms with Crippen LogP contribution in [-0.4, -0.2) is 13.2 Å². The average molecular weight is 248 g/mol.